The minimum atomic E-state index is -1.00. The first-order chi connectivity index (χ1) is 13.9. The van der Waals surface area contributed by atoms with Crippen molar-refractivity contribution in [2.75, 3.05) is 0 Å². The first-order valence-corrected chi connectivity index (χ1v) is 9.67. The van der Waals surface area contributed by atoms with Crippen LogP contribution in [0.25, 0.3) is 22.3 Å². The Kier molecular flexibility index (Phi) is 5.83. The molecule has 0 aliphatic rings. The molecule has 0 saturated heterocycles. The van der Waals surface area contributed by atoms with Gasteiger partial charge in [0.15, 0.2) is 0 Å². The highest BCUT2D eigenvalue weighted by Crippen LogP contribution is 2.43. The Morgan fingerprint density at radius 3 is 1.69 bits per heavy atom. The molecule has 0 atom stereocenters. The molecule has 0 radical (unpaired) electrons. The van der Waals surface area contributed by atoms with Gasteiger partial charge in [-0.05, 0) is 57.9 Å². The molecular formula is C25H24O4. The summed E-state index contributed by atoms with van der Waals surface area (Å²) in [6.07, 6.45) is 0.698. The zero-order valence-electron chi connectivity index (χ0n) is 16.8. The summed E-state index contributed by atoms with van der Waals surface area (Å²) in [5.41, 5.74) is 5.19. The Balaban J connectivity index is 2.52. The van der Waals surface area contributed by atoms with E-state index in [2.05, 4.69) is 13.8 Å². The van der Waals surface area contributed by atoms with Gasteiger partial charge >= 0.3 is 11.9 Å². The predicted octanol–water partition coefficient (Wildman–Crippen LogP) is 6.10. The van der Waals surface area contributed by atoms with E-state index in [1.54, 1.807) is 36.4 Å². The van der Waals surface area contributed by atoms with Crippen LogP contribution in [0.2, 0.25) is 0 Å². The maximum atomic E-state index is 12.0. The predicted molar refractivity (Wildman–Crippen MR) is 115 cm³/mol. The van der Waals surface area contributed by atoms with Crippen molar-refractivity contribution in [3.8, 4) is 22.3 Å². The number of aromatic carboxylic acids is 2. The van der Waals surface area contributed by atoms with Crippen LogP contribution < -0.4 is 0 Å². The van der Waals surface area contributed by atoms with Crippen molar-refractivity contribution in [1.29, 1.82) is 0 Å². The molecule has 0 unspecified atom stereocenters. The van der Waals surface area contributed by atoms with Crippen LogP contribution in [0.1, 0.15) is 58.5 Å². The van der Waals surface area contributed by atoms with Crippen molar-refractivity contribution in [2.24, 2.45) is 0 Å². The van der Waals surface area contributed by atoms with E-state index in [1.165, 1.54) is 0 Å². The molecule has 4 nitrogen and oxygen atoms in total. The molecule has 0 heterocycles. The van der Waals surface area contributed by atoms with Crippen LogP contribution in [0, 0.1) is 0 Å². The fourth-order valence-corrected chi connectivity index (χ4v) is 3.81. The number of carbonyl (C=O) groups is 2. The minimum absolute atomic E-state index is 0.133. The van der Waals surface area contributed by atoms with E-state index in [0.29, 0.717) is 17.5 Å². The van der Waals surface area contributed by atoms with Crippen molar-refractivity contribution < 1.29 is 19.8 Å². The van der Waals surface area contributed by atoms with Crippen LogP contribution in [0.5, 0.6) is 0 Å². The summed E-state index contributed by atoms with van der Waals surface area (Å²) < 4.78 is 0. The first kappa shape index (κ1) is 20.3. The van der Waals surface area contributed by atoms with Gasteiger partial charge in [0, 0.05) is 0 Å². The van der Waals surface area contributed by atoms with Crippen molar-refractivity contribution in [3.63, 3.8) is 0 Å². The molecular weight excluding hydrogens is 364 g/mol. The molecule has 0 aromatic heterocycles. The molecule has 0 amide bonds. The largest absolute Gasteiger partial charge is 0.478 e. The summed E-state index contributed by atoms with van der Waals surface area (Å²) in [7, 11) is 0. The summed E-state index contributed by atoms with van der Waals surface area (Å²) in [4.78, 5) is 23.9. The van der Waals surface area contributed by atoms with Gasteiger partial charge in [0.05, 0.1) is 11.1 Å². The molecule has 0 spiro atoms. The molecule has 3 aromatic rings. The van der Waals surface area contributed by atoms with Crippen LogP contribution in [0.15, 0.2) is 60.7 Å². The molecule has 0 aliphatic carbocycles. The van der Waals surface area contributed by atoms with E-state index < -0.39 is 11.9 Å². The number of hydrogen-bond donors (Lipinski definition) is 2. The monoisotopic (exact) mass is 388 g/mol. The molecule has 29 heavy (non-hydrogen) atoms. The summed E-state index contributed by atoms with van der Waals surface area (Å²) in [6, 6.07) is 17.9. The summed E-state index contributed by atoms with van der Waals surface area (Å²) >= 11 is 0. The number of benzene rings is 3. The number of rotatable bonds is 6. The molecule has 4 heteroatoms. The molecule has 0 aliphatic heterocycles. The van der Waals surface area contributed by atoms with Gasteiger partial charge in [0.2, 0.25) is 0 Å². The zero-order chi connectivity index (χ0) is 21.1. The second-order valence-electron chi connectivity index (χ2n) is 7.27. The maximum Gasteiger partial charge on any atom is 0.336 e. The standard InChI is InChI=1S/C25H24O4/c1-4-16-13-14-17(15(2)3)23(19-10-6-8-12-21(19)25(28)29)22(16)18-9-5-7-11-20(18)24(26)27/h5-15H,4H2,1-3H3,(H,26,27)(H,28,29). The molecule has 3 aromatic carbocycles. The maximum absolute atomic E-state index is 12.0. The van der Waals surface area contributed by atoms with Crippen molar-refractivity contribution in [2.45, 2.75) is 33.1 Å². The smallest absolute Gasteiger partial charge is 0.336 e. The molecule has 0 bridgehead atoms. The Morgan fingerprint density at radius 1 is 0.759 bits per heavy atom. The number of carboxylic acids is 2. The Labute approximate surface area is 170 Å². The average molecular weight is 388 g/mol. The highest BCUT2D eigenvalue weighted by Gasteiger charge is 2.24. The molecule has 0 fully saturated rings. The quantitative estimate of drug-likeness (QED) is 0.535. The Hall–Kier alpha value is -3.40. The van der Waals surface area contributed by atoms with Crippen LogP contribution in [0.4, 0.5) is 0 Å². The van der Waals surface area contributed by atoms with E-state index in [0.717, 1.165) is 22.3 Å². The fraction of sp³-hybridized carbons (Fsp3) is 0.200. The van der Waals surface area contributed by atoms with Gasteiger partial charge in [-0.15, -0.1) is 0 Å². The summed E-state index contributed by atoms with van der Waals surface area (Å²) in [6.45, 7) is 6.13. The second kappa shape index (κ2) is 8.31. The van der Waals surface area contributed by atoms with Gasteiger partial charge in [-0.3, -0.25) is 0 Å². The molecule has 2 N–H and O–H groups in total. The number of hydrogen-bond acceptors (Lipinski definition) is 2. The lowest BCUT2D eigenvalue weighted by Crippen LogP contribution is -2.07. The SMILES string of the molecule is CCc1ccc(C(C)C)c(-c2ccccc2C(=O)O)c1-c1ccccc1C(=O)O. The van der Waals surface area contributed by atoms with Crippen molar-refractivity contribution >= 4 is 11.9 Å². The molecule has 3 rings (SSSR count). The lowest BCUT2D eigenvalue weighted by atomic mass is 9.80. The lowest BCUT2D eigenvalue weighted by Gasteiger charge is -2.23. The molecule has 0 saturated carbocycles. The van der Waals surface area contributed by atoms with E-state index >= 15 is 0 Å². The fourth-order valence-electron chi connectivity index (χ4n) is 3.81. The van der Waals surface area contributed by atoms with E-state index in [1.807, 2.05) is 31.2 Å². The minimum Gasteiger partial charge on any atom is -0.478 e. The van der Waals surface area contributed by atoms with Crippen LogP contribution in [0.3, 0.4) is 0 Å². The second-order valence-corrected chi connectivity index (χ2v) is 7.27. The van der Waals surface area contributed by atoms with Gasteiger partial charge in [-0.25, -0.2) is 9.59 Å². The van der Waals surface area contributed by atoms with E-state index in [9.17, 15) is 19.8 Å². The highest BCUT2D eigenvalue weighted by molar-refractivity contribution is 6.04. The zero-order valence-corrected chi connectivity index (χ0v) is 16.8. The number of carboxylic acid groups (broad SMARTS) is 2. The summed E-state index contributed by atoms with van der Waals surface area (Å²) in [5.74, 6) is -1.88. The lowest BCUT2D eigenvalue weighted by molar-refractivity contribution is 0.0686. The van der Waals surface area contributed by atoms with Crippen LogP contribution in [-0.4, -0.2) is 22.2 Å². The Bertz CT molecular complexity index is 1080. The van der Waals surface area contributed by atoms with Gasteiger partial charge < -0.3 is 10.2 Å². The third-order valence-electron chi connectivity index (χ3n) is 5.18. The third-order valence-corrected chi connectivity index (χ3v) is 5.18. The van der Waals surface area contributed by atoms with E-state index in [4.69, 9.17) is 0 Å². The molecule has 148 valence electrons. The van der Waals surface area contributed by atoms with Crippen LogP contribution in [-0.2, 0) is 6.42 Å². The summed E-state index contributed by atoms with van der Waals surface area (Å²) in [5, 5.41) is 19.6. The number of aryl methyl sites for hydroxylation is 1. The average Bonchev–Trinajstić information content (AvgIpc) is 2.72. The van der Waals surface area contributed by atoms with Gasteiger partial charge in [0.1, 0.15) is 0 Å². The van der Waals surface area contributed by atoms with Crippen molar-refractivity contribution in [1.82, 2.24) is 0 Å². The normalized spacial score (nSPS) is 10.9. The highest BCUT2D eigenvalue weighted by atomic mass is 16.4. The third kappa shape index (κ3) is 3.79. The first-order valence-electron chi connectivity index (χ1n) is 9.67. The van der Waals surface area contributed by atoms with Gasteiger partial charge in [-0.1, -0.05) is 69.3 Å². The van der Waals surface area contributed by atoms with Crippen LogP contribution >= 0.6 is 0 Å². The Morgan fingerprint density at radius 2 is 1.24 bits per heavy atom. The van der Waals surface area contributed by atoms with Gasteiger partial charge in [0.25, 0.3) is 0 Å². The van der Waals surface area contributed by atoms with E-state index in [-0.39, 0.29) is 17.0 Å². The van der Waals surface area contributed by atoms with Gasteiger partial charge in [-0.2, -0.15) is 0 Å². The topological polar surface area (TPSA) is 74.6 Å². The van der Waals surface area contributed by atoms with Crippen molar-refractivity contribution in [3.05, 3.63) is 82.9 Å².